The van der Waals surface area contributed by atoms with Crippen molar-refractivity contribution in [3.8, 4) is 0 Å². The average Bonchev–Trinajstić information content (AvgIpc) is 2.66. The summed E-state index contributed by atoms with van der Waals surface area (Å²) >= 11 is 0. The SMILES string of the molecule is CC(C)(C)OC(=O)N[C@H](CO[Si](c1ccccc1)(c1ccccc1)C(C)(C)C)C(=O)O. The molecule has 0 heterocycles. The number of carboxylic acid groups (broad SMARTS) is 1. The van der Waals surface area contributed by atoms with Gasteiger partial charge in [-0.2, -0.15) is 0 Å². The fraction of sp³-hybridized carbons (Fsp3) is 0.417. The molecular weight excluding hydrogens is 410 g/mol. The van der Waals surface area contributed by atoms with E-state index in [1.807, 2.05) is 60.7 Å². The number of aliphatic carboxylic acids is 1. The number of rotatable bonds is 7. The monoisotopic (exact) mass is 443 g/mol. The number of ether oxygens (including phenoxy) is 1. The number of carboxylic acids is 1. The Labute approximate surface area is 185 Å². The molecule has 0 saturated heterocycles. The predicted octanol–water partition coefficient (Wildman–Crippen LogP) is 3.54. The van der Waals surface area contributed by atoms with Crippen LogP contribution in [0.5, 0.6) is 0 Å². The predicted molar refractivity (Wildman–Crippen MR) is 124 cm³/mol. The van der Waals surface area contributed by atoms with Crippen molar-refractivity contribution in [1.82, 2.24) is 5.32 Å². The highest BCUT2D eigenvalue weighted by Gasteiger charge is 2.50. The van der Waals surface area contributed by atoms with Crippen LogP contribution in [0.15, 0.2) is 60.7 Å². The summed E-state index contributed by atoms with van der Waals surface area (Å²) in [5, 5.41) is 13.9. The molecule has 0 bridgehead atoms. The molecule has 0 aromatic heterocycles. The molecule has 0 aliphatic rings. The van der Waals surface area contributed by atoms with Crippen molar-refractivity contribution in [3.63, 3.8) is 0 Å². The molecule has 2 aromatic carbocycles. The van der Waals surface area contributed by atoms with Crippen molar-refractivity contribution in [1.29, 1.82) is 0 Å². The molecule has 31 heavy (non-hydrogen) atoms. The van der Waals surface area contributed by atoms with Gasteiger partial charge in [0.25, 0.3) is 8.32 Å². The van der Waals surface area contributed by atoms with E-state index in [1.165, 1.54) is 0 Å². The first kappa shape index (κ1) is 24.6. The maximum atomic E-state index is 12.2. The molecule has 6 nitrogen and oxygen atoms in total. The van der Waals surface area contributed by atoms with Crippen LogP contribution in [-0.2, 0) is 14.0 Å². The van der Waals surface area contributed by atoms with Crippen molar-refractivity contribution in [3.05, 3.63) is 60.7 Å². The van der Waals surface area contributed by atoms with Crippen molar-refractivity contribution >= 4 is 30.8 Å². The van der Waals surface area contributed by atoms with Gasteiger partial charge < -0.3 is 19.6 Å². The average molecular weight is 444 g/mol. The van der Waals surface area contributed by atoms with E-state index in [1.54, 1.807) is 20.8 Å². The molecule has 2 aromatic rings. The maximum absolute atomic E-state index is 12.2. The number of benzene rings is 2. The zero-order chi connectivity index (χ0) is 23.3. The highest BCUT2D eigenvalue weighted by molar-refractivity contribution is 6.99. The number of alkyl carbamates (subject to hydrolysis) is 1. The van der Waals surface area contributed by atoms with Gasteiger partial charge in [-0.15, -0.1) is 0 Å². The first-order valence-corrected chi connectivity index (χ1v) is 12.2. The lowest BCUT2D eigenvalue weighted by molar-refractivity contribution is -0.140. The van der Waals surface area contributed by atoms with E-state index in [4.69, 9.17) is 9.16 Å². The maximum Gasteiger partial charge on any atom is 0.408 e. The zero-order valence-corrected chi connectivity index (χ0v) is 20.1. The van der Waals surface area contributed by atoms with Crippen LogP contribution < -0.4 is 15.7 Å². The molecule has 2 N–H and O–H groups in total. The van der Waals surface area contributed by atoms with Gasteiger partial charge >= 0.3 is 12.1 Å². The molecule has 0 spiro atoms. The van der Waals surface area contributed by atoms with Crippen LogP contribution in [0.1, 0.15) is 41.5 Å². The number of hydrogen-bond acceptors (Lipinski definition) is 4. The molecule has 168 valence electrons. The summed E-state index contributed by atoms with van der Waals surface area (Å²) in [4.78, 5) is 24.1. The number of nitrogens with one attached hydrogen (secondary N) is 1. The van der Waals surface area contributed by atoms with Crippen LogP contribution in [0.25, 0.3) is 0 Å². The van der Waals surface area contributed by atoms with E-state index in [2.05, 4.69) is 26.1 Å². The van der Waals surface area contributed by atoms with Crippen LogP contribution in [0.2, 0.25) is 5.04 Å². The van der Waals surface area contributed by atoms with Gasteiger partial charge in [0.15, 0.2) is 6.04 Å². The summed E-state index contributed by atoms with van der Waals surface area (Å²) in [5.41, 5.74) is -0.730. The number of carbonyl (C=O) groups excluding carboxylic acids is 1. The van der Waals surface area contributed by atoms with Gasteiger partial charge in [0, 0.05) is 0 Å². The normalized spacial score (nSPS) is 13.4. The quantitative estimate of drug-likeness (QED) is 0.640. The molecule has 0 saturated carbocycles. The third-order valence-electron chi connectivity index (χ3n) is 4.87. The fourth-order valence-electron chi connectivity index (χ4n) is 3.59. The third kappa shape index (κ3) is 6.18. The number of carbonyl (C=O) groups is 2. The molecule has 0 fully saturated rings. The third-order valence-corrected chi connectivity index (χ3v) is 9.88. The van der Waals surface area contributed by atoms with Gasteiger partial charge in [0.1, 0.15) is 5.60 Å². The van der Waals surface area contributed by atoms with Gasteiger partial charge in [-0.05, 0) is 36.2 Å². The largest absolute Gasteiger partial charge is 0.480 e. The van der Waals surface area contributed by atoms with E-state index in [0.717, 1.165) is 10.4 Å². The molecule has 7 heteroatoms. The van der Waals surface area contributed by atoms with Crippen LogP contribution in [0.3, 0.4) is 0 Å². The second-order valence-corrected chi connectivity index (χ2v) is 13.8. The van der Waals surface area contributed by atoms with Crippen molar-refractivity contribution in [2.45, 2.75) is 58.2 Å². The minimum atomic E-state index is -2.91. The minimum absolute atomic E-state index is 0.179. The van der Waals surface area contributed by atoms with Gasteiger partial charge in [0.2, 0.25) is 0 Å². The topological polar surface area (TPSA) is 84.9 Å². The highest BCUT2D eigenvalue weighted by atomic mass is 28.4. The second kappa shape index (κ2) is 9.66. The number of amides is 1. The van der Waals surface area contributed by atoms with Gasteiger partial charge in [-0.1, -0.05) is 81.4 Å². The lowest BCUT2D eigenvalue weighted by Crippen LogP contribution is -2.67. The molecule has 0 unspecified atom stereocenters. The summed E-state index contributed by atoms with van der Waals surface area (Å²) in [6.07, 6.45) is -0.786. The van der Waals surface area contributed by atoms with E-state index in [0.29, 0.717) is 0 Å². The van der Waals surface area contributed by atoms with E-state index >= 15 is 0 Å². The van der Waals surface area contributed by atoms with Crippen LogP contribution in [0, 0.1) is 0 Å². The first-order chi connectivity index (χ1) is 14.4. The molecule has 0 radical (unpaired) electrons. The summed E-state index contributed by atoms with van der Waals surface area (Å²) < 4.78 is 11.8. The smallest absolute Gasteiger partial charge is 0.408 e. The van der Waals surface area contributed by atoms with Crippen molar-refractivity contribution in [2.24, 2.45) is 0 Å². The van der Waals surface area contributed by atoms with E-state index in [9.17, 15) is 14.7 Å². The Bertz CT molecular complexity index is 833. The Morgan fingerprint density at radius 2 is 1.35 bits per heavy atom. The molecule has 1 atom stereocenters. The number of hydrogen-bond donors (Lipinski definition) is 2. The Kier molecular flexibility index (Phi) is 7.67. The van der Waals surface area contributed by atoms with E-state index in [-0.39, 0.29) is 11.6 Å². The second-order valence-electron chi connectivity index (χ2n) is 9.51. The lowest BCUT2D eigenvalue weighted by Gasteiger charge is -2.43. The van der Waals surface area contributed by atoms with Crippen molar-refractivity contribution < 1.29 is 23.9 Å². The van der Waals surface area contributed by atoms with Crippen LogP contribution in [0.4, 0.5) is 4.79 Å². The summed E-state index contributed by atoms with van der Waals surface area (Å²) in [7, 11) is -2.91. The van der Waals surface area contributed by atoms with E-state index < -0.39 is 32.0 Å². The zero-order valence-electron chi connectivity index (χ0n) is 19.1. The van der Waals surface area contributed by atoms with Crippen molar-refractivity contribution in [2.75, 3.05) is 6.61 Å². The fourth-order valence-corrected chi connectivity index (χ4v) is 8.17. The molecular formula is C24H33NO5Si. The Morgan fingerprint density at radius 1 is 0.903 bits per heavy atom. The Morgan fingerprint density at radius 3 is 1.71 bits per heavy atom. The Balaban J connectivity index is 2.43. The summed E-state index contributed by atoms with van der Waals surface area (Å²) in [6, 6.07) is 18.6. The summed E-state index contributed by atoms with van der Waals surface area (Å²) in [5.74, 6) is -1.18. The van der Waals surface area contributed by atoms with Crippen LogP contribution in [-0.4, -0.2) is 43.7 Å². The molecule has 1 amide bonds. The van der Waals surface area contributed by atoms with Gasteiger partial charge in [-0.25, -0.2) is 9.59 Å². The van der Waals surface area contributed by atoms with Gasteiger partial charge in [-0.3, -0.25) is 0 Å². The van der Waals surface area contributed by atoms with Crippen LogP contribution >= 0.6 is 0 Å². The minimum Gasteiger partial charge on any atom is -0.480 e. The van der Waals surface area contributed by atoms with Gasteiger partial charge in [0.05, 0.1) is 6.61 Å². The molecule has 0 aliphatic heterocycles. The first-order valence-electron chi connectivity index (χ1n) is 10.3. The summed E-state index contributed by atoms with van der Waals surface area (Å²) in [6.45, 7) is 11.3. The lowest BCUT2D eigenvalue weighted by atomic mass is 10.2. The molecule has 2 rings (SSSR count). The molecule has 0 aliphatic carbocycles. The highest BCUT2D eigenvalue weighted by Crippen LogP contribution is 2.36. The Hall–Kier alpha value is -2.64. The standard InChI is InChI=1S/C24H33NO5Si/c1-23(2,3)30-22(28)25-20(21(26)27)17-29-31(24(4,5)6,18-13-9-7-10-14-18)19-15-11-8-12-16-19/h7-16,20H,17H2,1-6H3,(H,25,28)(H,26,27)/t20-/m1/s1.